The number of nitrogens with zero attached hydrogens (tertiary/aromatic N) is 2. The second-order valence-corrected chi connectivity index (χ2v) is 10.9. The van der Waals surface area contributed by atoms with Crippen molar-refractivity contribution in [2.75, 3.05) is 37.5 Å². The molecule has 2 aromatic carbocycles. The number of anilines is 1. The van der Waals surface area contributed by atoms with Crippen LogP contribution in [0, 0.1) is 12.8 Å². The highest BCUT2D eigenvalue weighted by Crippen LogP contribution is 2.31. The summed E-state index contributed by atoms with van der Waals surface area (Å²) in [7, 11) is -0.526. The minimum absolute atomic E-state index is 0.222. The van der Waals surface area contributed by atoms with Crippen molar-refractivity contribution in [1.29, 1.82) is 0 Å². The quantitative estimate of drug-likeness (QED) is 0.207. The van der Waals surface area contributed by atoms with Gasteiger partial charge in [-0.3, -0.25) is 4.79 Å². The van der Waals surface area contributed by atoms with Crippen molar-refractivity contribution >= 4 is 22.2 Å². The van der Waals surface area contributed by atoms with Crippen LogP contribution in [-0.2, 0) is 21.2 Å². The summed E-state index contributed by atoms with van der Waals surface area (Å²) in [6, 6.07) is 14.1. The van der Waals surface area contributed by atoms with E-state index in [4.69, 9.17) is 9.84 Å². The molecule has 6 nitrogen and oxygen atoms in total. The van der Waals surface area contributed by atoms with Crippen molar-refractivity contribution in [3.8, 4) is 5.75 Å². The molecule has 1 aliphatic heterocycles. The van der Waals surface area contributed by atoms with Crippen molar-refractivity contribution in [3.63, 3.8) is 0 Å². The summed E-state index contributed by atoms with van der Waals surface area (Å²) in [6.07, 6.45) is 11.5. The number of rotatable bonds is 7. The predicted molar refractivity (Wildman–Crippen MR) is 170 cm³/mol. The van der Waals surface area contributed by atoms with E-state index in [9.17, 15) is 9.00 Å². The molecule has 1 amide bonds. The number of fused-ring (bicyclic) bond motifs is 2. The highest BCUT2D eigenvalue weighted by molar-refractivity contribution is 7.75. The average molecular weight is 572 g/mol. The molecule has 224 valence electrons. The van der Waals surface area contributed by atoms with Gasteiger partial charge in [0.25, 0.3) is 5.91 Å². The van der Waals surface area contributed by atoms with Gasteiger partial charge in [-0.25, -0.2) is 0 Å². The molecule has 0 aromatic heterocycles. The summed E-state index contributed by atoms with van der Waals surface area (Å²) in [5.41, 5.74) is 4.03. The first-order valence-electron chi connectivity index (χ1n) is 14.8. The Labute approximate surface area is 245 Å². The van der Waals surface area contributed by atoms with Crippen LogP contribution in [-0.4, -0.2) is 43.6 Å². The van der Waals surface area contributed by atoms with E-state index in [2.05, 4.69) is 66.5 Å². The number of unbranched alkanes of at least 4 members (excludes halogenated alkanes) is 1. The van der Waals surface area contributed by atoms with Crippen molar-refractivity contribution in [2.24, 2.45) is 10.3 Å². The lowest BCUT2D eigenvalue weighted by molar-refractivity contribution is 0.100. The van der Waals surface area contributed by atoms with E-state index in [0.29, 0.717) is 17.9 Å². The Hall–Kier alpha value is -2.64. The van der Waals surface area contributed by atoms with Crippen molar-refractivity contribution in [1.82, 2.24) is 0 Å². The summed E-state index contributed by atoms with van der Waals surface area (Å²) < 4.78 is 22.7. The van der Waals surface area contributed by atoms with E-state index < -0.39 is 16.5 Å². The maximum atomic E-state index is 12.8. The number of allylic oxidation sites excluding steroid dienone is 2. The lowest BCUT2D eigenvalue weighted by Crippen LogP contribution is -2.25. The van der Waals surface area contributed by atoms with Crippen LogP contribution in [0.3, 0.4) is 0 Å². The summed E-state index contributed by atoms with van der Waals surface area (Å²) in [4.78, 5) is 15.1. The molecule has 0 radical (unpaired) electrons. The second kappa shape index (κ2) is 21.2. The first kappa shape index (κ1) is 35.4. The number of aliphatic hydroxyl groups excluding tert-OH is 1. The Kier molecular flexibility index (Phi) is 18.7. The van der Waals surface area contributed by atoms with E-state index in [-0.39, 0.29) is 5.92 Å². The van der Waals surface area contributed by atoms with Crippen molar-refractivity contribution < 1.29 is 18.8 Å². The number of carbonyl (C=O) groups is 1. The van der Waals surface area contributed by atoms with Crippen LogP contribution in [0.1, 0.15) is 87.7 Å². The molecule has 1 N–H and O–H groups in total. The van der Waals surface area contributed by atoms with Crippen LogP contribution in [0.5, 0.6) is 5.75 Å². The van der Waals surface area contributed by atoms with Crippen LogP contribution < -0.4 is 9.64 Å². The van der Waals surface area contributed by atoms with Crippen LogP contribution in [0.15, 0.2) is 59.0 Å². The number of carbonyl (C=O) groups excluding carboxylic acids is 1. The predicted octanol–water partition coefficient (Wildman–Crippen LogP) is 7.91. The molecule has 0 saturated carbocycles. The van der Waals surface area contributed by atoms with E-state index in [1.807, 2.05) is 26.0 Å². The normalized spacial score (nSPS) is 17.4. The van der Waals surface area contributed by atoms with Gasteiger partial charge in [-0.1, -0.05) is 74.4 Å². The van der Waals surface area contributed by atoms with Gasteiger partial charge >= 0.3 is 0 Å². The first-order valence-corrected chi connectivity index (χ1v) is 16.1. The third-order valence-corrected chi connectivity index (χ3v) is 7.72. The van der Waals surface area contributed by atoms with Crippen molar-refractivity contribution in [3.05, 3.63) is 71.3 Å². The third-order valence-electron chi connectivity index (χ3n) is 6.49. The summed E-state index contributed by atoms with van der Waals surface area (Å²) in [5.74, 6) is 0.984. The fraction of sp³-hybridized carbons (Fsp3) is 0.545. The first-order chi connectivity index (χ1) is 19.5. The highest BCUT2D eigenvalue weighted by atomic mass is 32.2. The highest BCUT2D eigenvalue weighted by Gasteiger charge is 2.15. The molecule has 7 heteroatoms. The van der Waals surface area contributed by atoms with Crippen molar-refractivity contribution in [2.45, 2.75) is 79.6 Å². The molecule has 3 rings (SSSR count). The lowest BCUT2D eigenvalue weighted by atomic mass is 10.1. The number of benzene rings is 2. The maximum absolute atomic E-state index is 12.8. The van der Waals surface area contributed by atoms with Gasteiger partial charge in [-0.15, -0.1) is 0 Å². The number of amides is 1. The summed E-state index contributed by atoms with van der Waals surface area (Å²) in [5, 5.41) is 7.00. The number of aliphatic hydroxyl groups is 1. The summed E-state index contributed by atoms with van der Waals surface area (Å²) >= 11 is 0. The van der Waals surface area contributed by atoms with Crippen LogP contribution >= 0.6 is 0 Å². The van der Waals surface area contributed by atoms with Gasteiger partial charge in [-0.2, -0.15) is 10.6 Å². The van der Waals surface area contributed by atoms with Gasteiger partial charge in [0.05, 0.1) is 12.3 Å². The number of aryl methyl sites for hydroxylation is 2. The molecule has 1 atom stereocenters. The van der Waals surface area contributed by atoms with Crippen LogP contribution in [0.2, 0.25) is 0 Å². The Morgan fingerprint density at radius 3 is 2.58 bits per heavy atom. The molecule has 2 aromatic rings. The largest absolute Gasteiger partial charge is 0.491 e. The molecular weight excluding hydrogens is 520 g/mol. The number of ether oxygens (including phenoxy) is 1. The van der Waals surface area contributed by atoms with Gasteiger partial charge in [-0.05, 0) is 82.6 Å². The molecule has 0 saturated heterocycles. The standard InChI is InChI=1S/C30H41N2O3S.C2H6.CH4O/c1-4-32-19-10-7-5-6-8-13-25(3)23-36(34)31-30(33)27-17-18-29(28(32)22-27)35-20-11-9-15-26-16-12-14-24(2)21-26;2*1-2/h6,8,12,14,16-18,21-22,25H,4-5,7,9-11,13,15,19-20,23H2,1-3H3;1-2H3;2H,1H3/q-1;;/b8-6+;;/t25-;;/m0../s1. The zero-order valence-corrected chi connectivity index (χ0v) is 26.3. The zero-order valence-electron chi connectivity index (χ0n) is 25.5. The Bertz CT molecular complexity index is 1110. The molecule has 0 spiro atoms. The fourth-order valence-corrected chi connectivity index (χ4v) is 5.44. The van der Waals surface area contributed by atoms with Gasteiger partial charge < -0.3 is 23.3 Å². The van der Waals surface area contributed by atoms with Gasteiger partial charge in [0.1, 0.15) is 5.75 Å². The van der Waals surface area contributed by atoms with Crippen LogP contribution in [0.25, 0.3) is 0 Å². The monoisotopic (exact) mass is 571 g/mol. The SMILES string of the molecule is CC.CCN1CCCC/C=C/C[C@H](C)C[S-](=O)=NC(=O)c2ccc(OCCCCc3cccc(C)c3)c1c2.CO. The fourth-order valence-electron chi connectivity index (χ4n) is 4.45. The van der Waals surface area contributed by atoms with Gasteiger partial charge in [0, 0.05) is 25.8 Å². The second-order valence-electron chi connectivity index (χ2n) is 9.75. The minimum Gasteiger partial charge on any atom is -0.491 e. The third kappa shape index (κ3) is 13.1. The molecule has 1 heterocycles. The molecule has 0 aliphatic carbocycles. The Morgan fingerprint density at radius 1 is 1.07 bits per heavy atom. The van der Waals surface area contributed by atoms with E-state index in [1.54, 1.807) is 6.07 Å². The molecule has 1 aliphatic rings. The van der Waals surface area contributed by atoms with E-state index >= 15 is 0 Å². The Morgan fingerprint density at radius 2 is 1.85 bits per heavy atom. The molecule has 40 heavy (non-hydrogen) atoms. The average Bonchev–Trinajstić information content (AvgIpc) is 2.96. The maximum Gasteiger partial charge on any atom is 0.254 e. The van der Waals surface area contributed by atoms with Crippen LogP contribution in [0.4, 0.5) is 5.69 Å². The lowest BCUT2D eigenvalue weighted by Gasteiger charge is -2.26. The number of hydrogen-bond donors (Lipinski definition) is 1. The molecule has 2 bridgehead atoms. The molecule has 0 unspecified atom stereocenters. The smallest absolute Gasteiger partial charge is 0.254 e. The van der Waals surface area contributed by atoms with E-state index in [1.165, 1.54) is 11.1 Å². The molecule has 0 fully saturated rings. The topological polar surface area (TPSA) is 79.2 Å². The number of hydrogen-bond acceptors (Lipinski definition) is 6. The molecular formula is C33H51N2O4S-. The van der Waals surface area contributed by atoms with Gasteiger partial charge in [0.15, 0.2) is 0 Å². The Balaban J connectivity index is 0.00000191. The minimum atomic E-state index is -1.53. The summed E-state index contributed by atoms with van der Waals surface area (Å²) in [6.45, 7) is 12.6. The zero-order chi connectivity index (χ0) is 29.8. The van der Waals surface area contributed by atoms with E-state index in [0.717, 1.165) is 76.6 Å². The van der Waals surface area contributed by atoms with Gasteiger partial charge in [0.2, 0.25) is 0 Å².